The number of aromatic nitrogens is 2. The van der Waals surface area contributed by atoms with Gasteiger partial charge in [0.2, 0.25) is 0 Å². The molecule has 0 unspecified atom stereocenters. The number of rotatable bonds is 5. The first-order chi connectivity index (χ1) is 12.6. The van der Waals surface area contributed by atoms with E-state index in [0.717, 1.165) is 16.8 Å². The summed E-state index contributed by atoms with van der Waals surface area (Å²) < 4.78 is 1.85. The molecule has 6 nitrogen and oxygen atoms in total. The molecule has 0 aliphatic heterocycles. The molecule has 0 bridgehead atoms. The van der Waals surface area contributed by atoms with E-state index >= 15 is 0 Å². The van der Waals surface area contributed by atoms with E-state index in [-0.39, 0.29) is 6.03 Å². The standard InChI is InChI=1S/C20H19N5O/c1-24(14-17-5-3-16(13-21)4-6-17)20(26)23-19-9-7-18(8-10-19)15-25-12-2-11-22-25/h2-12H,14-15H2,1H3,(H,23,26). The number of nitriles is 1. The fourth-order valence-corrected chi connectivity index (χ4v) is 2.52. The van der Waals surface area contributed by atoms with Gasteiger partial charge >= 0.3 is 6.03 Å². The summed E-state index contributed by atoms with van der Waals surface area (Å²) in [5.41, 5.74) is 3.43. The van der Waals surface area contributed by atoms with Crippen LogP contribution in [-0.2, 0) is 13.1 Å². The molecule has 1 aromatic heterocycles. The second-order valence-electron chi connectivity index (χ2n) is 6.00. The largest absolute Gasteiger partial charge is 0.323 e. The van der Waals surface area contributed by atoms with Crippen LogP contribution in [0.5, 0.6) is 0 Å². The van der Waals surface area contributed by atoms with E-state index < -0.39 is 0 Å². The lowest BCUT2D eigenvalue weighted by Crippen LogP contribution is -2.30. The molecule has 1 N–H and O–H groups in total. The lowest BCUT2D eigenvalue weighted by atomic mass is 10.1. The van der Waals surface area contributed by atoms with Crippen LogP contribution in [0.15, 0.2) is 67.0 Å². The third-order valence-electron chi connectivity index (χ3n) is 3.96. The van der Waals surface area contributed by atoms with E-state index in [2.05, 4.69) is 16.5 Å². The summed E-state index contributed by atoms with van der Waals surface area (Å²) in [4.78, 5) is 13.9. The zero-order valence-electron chi connectivity index (χ0n) is 14.5. The summed E-state index contributed by atoms with van der Waals surface area (Å²) in [7, 11) is 1.74. The van der Waals surface area contributed by atoms with Gasteiger partial charge < -0.3 is 10.2 Å². The number of nitrogens with zero attached hydrogens (tertiary/aromatic N) is 4. The molecule has 26 heavy (non-hydrogen) atoms. The normalized spacial score (nSPS) is 10.2. The highest BCUT2D eigenvalue weighted by molar-refractivity contribution is 5.89. The van der Waals surface area contributed by atoms with Crippen LogP contribution in [0.4, 0.5) is 10.5 Å². The van der Waals surface area contributed by atoms with Gasteiger partial charge in [0.05, 0.1) is 18.2 Å². The van der Waals surface area contributed by atoms with Crippen LogP contribution >= 0.6 is 0 Å². The number of hydrogen-bond donors (Lipinski definition) is 1. The highest BCUT2D eigenvalue weighted by Crippen LogP contribution is 2.12. The third-order valence-corrected chi connectivity index (χ3v) is 3.96. The Labute approximate surface area is 152 Å². The van der Waals surface area contributed by atoms with E-state index in [0.29, 0.717) is 18.7 Å². The maximum Gasteiger partial charge on any atom is 0.321 e. The predicted molar refractivity (Wildman–Crippen MR) is 99.4 cm³/mol. The lowest BCUT2D eigenvalue weighted by Gasteiger charge is -2.18. The molecule has 1 heterocycles. The molecular formula is C20H19N5O. The smallest absolute Gasteiger partial charge is 0.321 e. The number of anilines is 1. The minimum atomic E-state index is -0.186. The van der Waals surface area contributed by atoms with Crippen LogP contribution < -0.4 is 5.32 Å². The molecule has 0 aliphatic carbocycles. The van der Waals surface area contributed by atoms with Gasteiger partial charge in [-0.25, -0.2) is 4.79 Å². The second kappa shape index (κ2) is 7.99. The van der Waals surface area contributed by atoms with Crippen molar-refractivity contribution in [3.63, 3.8) is 0 Å². The van der Waals surface area contributed by atoms with Crippen molar-refractivity contribution in [1.82, 2.24) is 14.7 Å². The Morgan fingerprint density at radius 2 is 1.85 bits per heavy atom. The SMILES string of the molecule is CN(Cc1ccc(C#N)cc1)C(=O)Nc1ccc(Cn2cccn2)cc1. The maximum absolute atomic E-state index is 12.3. The Kier molecular flexibility index (Phi) is 5.30. The first kappa shape index (κ1) is 17.2. The molecular weight excluding hydrogens is 326 g/mol. The van der Waals surface area contributed by atoms with Gasteiger partial charge in [-0.2, -0.15) is 10.4 Å². The van der Waals surface area contributed by atoms with Crippen molar-refractivity contribution in [2.75, 3.05) is 12.4 Å². The predicted octanol–water partition coefficient (Wildman–Crippen LogP) is 3.47. The molecule has 0 radical (unpaired) electrons. The van der Waals surface area contributed by atoms with Crippen LogP contribution in [0.1, 0.15) is 16.7 Å². The zero-order valence-corrected chi connectivity index (χ0v) is 14.5. The monoisotopic (exact) mass is 345 g/mol. The van der Waals surface area contributed by atoms with Gasteiger partial charge in [0.1, 0.15) is 0 Å². The fraction of sp³-hybridized carbons (Fsp3) is 0.150. The van der Waals surface area contributed by atoms with Crippen molar-refractivity contribution in [3.05, 3.63) is 83.7 Å². The molecule has 6 heteroatoms. The Morgan fingerprint density at radius 1 is 1.15 bits per heavy atom. The van der Waals surface area contributed by atoms with Gasteiger partial charge in [0, 0.05) is 31.7 Å². The number of urea groups is 1. The van der Waals surface area contributed by atoms with E-state index in [1.807, 2.05) is 53.3 Å². The molecule has 0 saturated heterocycles. The van der Waals surface area contributed by atoms with Gasteiger partial charge in [-0.3, -0.25) is 4.68 Å². The number of carbonyl (C=O) groups excluding carboxylic acids is 1. The Morgan fingerprint density at radius 3 is 2.46 bits per heavy atom. The molecule has 2 aromatic carbocycles. The van der Waals surface area contributed by atoms with E-state index in [1.54, 1.807) is 30.3 Å². The Hall–Kier alpha value is -3.59. The summed E-state index contributed by atoms with van der Waals surface area (Å²) in [5, 5.41) is 15.9. The average molecular weight is 345 g/mol. The topological polar surface area (TPSA) is 74.0 Å². The van der Waals surface area contributed by atoms with Crippen LogP contribution in [0, 0.1) is 11.3 Å². The maximum atomic E-state index is 12.3. The minimum absolute atomic E-state index is 0.186. The molecule has 0 fully saturated rings. The molecule has 3 aromatic rings. The van der Waals surface area contributed by atoms with Crippen molar-refractivity contribution in [2.24, 2.45) is 0 Å². The van der Waals surface area contributed by atoms with Gasteiger partial charge in [-0.15, -0.1) is 0 Å². The molecule has 0 saturated carbocycles. The van der Waals surface area contributed by atoms with Gasteiger partial charge in [0.25, 0.3) is 0 Å². The van der Waals surface area contributed by atoms with Gasteiger partial charge in [0.15, 0.2) is 0 Å². The lowest BCUT2D eigenvalue weighted by molar-refractivity contribution is 0.220. The Bertz CT molecular complexity index is 893. The van der Waals surface area contributed by atoms with E-state index in [4.69, 9.17) is 5.26 Å². The van der Waals surface area contributed by atoms with Crippen LogP contribution in [0.2, 0.25) is 0 Å². The number of hydrogen-bond acceptors (Lipinski definition) is 3. The molecule has 0 spiro atoms. The zero-order chi connectivity index (χ0) is 18.4. The number of nitrogens with one attached hydrogen (secondary N) is 1. The second-order valence-corrected chi connectivity index (χ2v) is 6.00. The van der Waals surface area contributed by atoms with E-state index in [1.165, 1.54) is 0 Å². The average Bonchev–Trinajstić information content (AvgIpc) is 3.17. The summed E-state index contributed by atoms with van der Waals surface area (Å²) in [6.07, 6.45) is 3.66. The van der Waals surface area contributed by atoms with Crippen molar-refractivity contribution >= 4 is 11.7 Å². The first-order valence-electron chi connectivity index (χ1n) is 8.21. The van der Waals surface area contributed by atoms with Crippen LogP contribution in [0.3, 0.4) is 0 Å². The summed E-state index contributed by atoms with van der Waals surface area (Å²) >= 11 is 0. The quantitative estimate of drug-likeness (QED) is 0.769. The molecule has 2 amide bonds. The minimum Gasteiger partial charge on any atom is -0.323 e. The highest BCUT2D eigenvalue weighted by Gasteiger charge is 2.09. The summed E-state index contributed by atoms with van der Waals surface area (Å²) in [5.74, 6) is 0. The van der Waals surface area contributed by atoms with Crippen molar-refractivity contribution < 1.29 is 4.79 Å². The molecule has 0 aliphatic rings. The van der Waals surface area contributed by atoms with Gasteiger partial charge in [-0.05, 0) is 41.5 Å². The number of amides is 2. The summed E-state index contributed by atoms with van der Waals surface area (Å²) in [6, 6.07) is 18.7. The summed E-state index contributed by atoms with van der Waals surface area (Å²) in [6.45, 7) is 1.16. The van der Waals surface area contributed by atoms with Crippen molar-refractivity contribution in [3.8, 4) is 6.07 Å². The van der Waals surface area contributed by atoms with Crippen molar-refractivity contribution in [2.45, 2.75) is 13.1 Å². The molecule has 0 atom stereocenters. The highest BCUT2D eigenvalue weighted by atomic mass is 16.2. The van der Waals surface area contributed by atoms with Gasteiger partial charge in [-0.1, -0.05) is 24.3 Å². The molecule has 3 rings (SSSR count). The third kappa shape index (κ3) is 4.48. The fourth-order valence-electron chi connectivity index (χ4n) is 2.52. The number of benzene rings is 2. The molecule has 130 valence electrons. The first-order valence-corrected chi connectivity index (χ1v) is 8.21. The van der Waals surface area contributed by atoms with Crippen LogP contribution in [-0.4, -0.2) is 27.8 Å². The number of carbonyl (C=O) groups is 1. The Balaban J connectivity index is 1.55. The van der Waals surface area contributed by atoms with Crippen molar-refractivity contribution in [1.29, 1.82) is 5.26 Å². The van der Waals surface area contributed by atoms with Crippen LogP contribution in [0.25, 0.3) is 0 Å². The van der Waals surface area contributed by atoms with E-state index in [9.17, 15) is 4.79 Å².